The molecule has 4 N–H and O–H groups in total. The highest BCUT2D eigenvalue weighted by Gasteiger charge is 2.11. The highest BCUT2D eigenvalue weighted by atomic mass is 32.2. The first kappa shape index (κ1) is 36.9. The third-order valence-corrected chi connectivity index (χ3v) is 8.36. The second-order valence-electron chi connectivity index (χ2n) is 9.92. The fourth-order valence-corrected chi connectivity index (χ4v) is 5.52. The molecule has 0 saturated heterocycles. The van der Waals surface area contributed by atoms with Crippen molar-refractivity contribution in [2.75, 3.05) is 32.8 Å². The number of carbonyl (C=O) groups is 2. The predicted octanol–water partition coefficient (Wildman–Crippen LogP) is 3.14. The molecule has 0 unspecified atom stereocenters. The van der Waals surface area contributed by atoms with E-state index in [2.05, 4.69) is 30.6 Å². The maximum atomic E-state index is 12.0. The molecule has 0 bridgehead atoms. The molecule has 13 nitrogen and oxygen atoms in total. The van der Waals surface area contributed by atoms with Gasteiger partial charge in [0.15, 0.2) is 0 Å². The van der Waals surface area contributed by atoms with Gasteiger partial charge in [-0.25, -0.2) is 9.59 Å². The number of methoxy groups -OCH3 is 3. The Hall–Kier alpha value is -4.60. The van der Waals surface area contributed by atoms with Crippen LogP contribution in [-0.4, -0.2) is 64.6 Å². The maximum absolute atomic E-state index is 12.0. The molecular weight excluding hydrogens is 645 g/mol. The number of amides is 2. The number of H-pyrrole nitrogens is 2. The van der Waals surface area contributed by atoms with Crippen molar-refractivity contribution < 1.29 is 23.8 Å². The number of nitrogens with zero attached hydrogens (tertiary/aromatic N) is 2. The molecule has 4 aromatic rings. The summed E-state index contributed by atoms with van der Waals surface area (Å²) in [6.07, 6.45) is 0. The van der Waals surface area contributed by atoms with E-state index in [4.69, 9.17) is 14.2 Å². The molecular formula is C32H38N6O7S2. The average molecular weight is 683 g/mol. The summed E-state index contributed by atoms with van der Waals surface area (Å²) in [7, 11) is 4.77. The van der Waals surface area contributed by atoms with Crippen LogP contribution in [0, 0.1) is 13.8 Å². The van der Waals surface area contributed by atoms with Crippen molar-refractivity contribution in [1.29, 1.82) is 0 Å². The smallest absolute Gasteiger partial charge is 0.346 e. The van der Waals surface area contributed by atoms with Gasteiger partial charge >= 0.3 is 11.4 Å². The zero-order valence-electron chi connectivity index (χ0n) is 26.8. The normalized spacial score (nSPS) is 10.4. The maximum Gasteiger partial charge on any atom is 0.346 e. The van der Waals surface area contributed by atoms with E-state index in [9.17, 15) is 19.2 Å². The second-order valence-corrected chi connectivity index (χ2v) is 11.9. The first-order chi connectivity index (χ1) is 22.6. The summed E-state index contributed by atoms with van der Waals surface area (Å²) in [6, 6.07) is 16.7. The summed E-state index contributed by atoms with van der Waals surface area (Å²) in [5, 5.41) is 6.74. The van der Waals surface area contributed by atoms with Crippen LogP contribution in [-0.2, 0) is 34.0 Å². The third-order valence-electron chi connectivity index (χ3n) is 6.37. The number of benzene rings is 2. The first-order valence-electron chi connectivity index (χ1n) is 14.3. The van der Waals surface area contributed by atoms with Gasteiger partial charge in [-0.05, 0) is 55.3 Å². The second kappa shape index (κ2) is 19.2. The summed E-state index contributed by atoms with van der Waals surface area (Å²) in [5.74, 6) is 1.71. The van der Waals surface area contributed by atoms with Gasteiger partial charge in [0.05, 0.1) is 38.0 Å². The molecule has 0 spiro atoms. The monoisotopic (exact) mass is 682 g/mol. The van der Waals surface area contributed by atoms with E-state index in [1.807, 2.05) is 55.5 Å². The van der Waals surface area contributed by atoms with Crippen LogP contribution in [0.3, 0.4) is 0 Å². The van der Waals surface area contributed by atoms with Crippen molar-refractivity contribution in [3.63, 3.8) is 0 Å². The van der Waals surface area contributed by atoms with Gasteiger partial charge in [-0.2, -0.15) is 9.97 Å². The number of hydrogen-bond acceptors (Lipinski definition) is 11. The summed E-state index contributed by atoms with van der Waals surface area (Å²) in [6.45, 7) is 4.79. The molecule has 0 fully saturated rings. The minimum Gasteiger partial charge on any atom is -0.497 e. The molecule has 0 saturated carbocycles. The predicted molar refractivity (Wildman–Crippen MR) is 181 cm³/mol. The van der Waals surface area contributed by atoms with E-state index in [1.165, 1.54) is 23.5 Å². The highest BCUT2D eigenvalue weighted by Crippen LogP contribution is 2.20. The number of nitrogens with one attached hydrogen (secondary N) is 4. The van der Waals surface area contributed by atoms with Crippen LogP contribution in [0.25, 0.3) is 0 Å². The minimum atomic E-state index is -0.446. The number of hydrogen-bond donors (Lipinski definition) is 4. The Morgan fingerprint density at radius 2 is 1.26 bits per heavy atom. The Kier molecular flexibility index (Phi) is 15.0. The van der Waals surface area contributed by atoms with Crippen molar-refractivity contribution in [2.24, 2.45) is 0 Å². The molecule has 2 amide bonds. The van der Waals surface area contributed by atoms with E-state index in [-0.39, 0.29) is 23.3 Å². The van der Waals surface area contributed by atoms with Crippen molar-refractivity contribution in [3.8, 4) is 11.5 Å². The van der Waals surface area contributed by atoms with Gasteiger partial charge in [0, 0.05) is 31.5 Å². The van der Waals surface area contributed by atoms with Crippen molar-refractivity contribution in [1.82, 2.24) is 30.6 Å². The van der Waals surface area contributed by atoms with Crippen LogP contribution < -0.4 is 31.5 Å². The number of thioether (sulfide) groups is 2. The quantitative estimate of drug-likeness (QED) is 0.114. The van der Waals surface area contributed by atoms with Crippen LogP contribution in [0.5, 0.6) is 11.5 Å². The van der Waals surface area contributed by atoms with Gasteiger partial charge in [0.25, 0.3) is 0 Å². The summed E-state index contributed by atoms with van der Waals surface area (Å²) < 4.78 is 15.2. The van der Waals surface area contributed by atoms with Crippen molar-refractivity contribution in [2.45, 2.75) is 43.6 Å². The van der Waals surface area contributed by atoms with Crippen LogP contribution in [0.2, 0.25) is 0 Å². The molecule has 0 radical (unpaired) electrons. The van der Waals surface area contributed by atoms with Gasteiger partial charge in [-0.3, -0.25) is 9.59 Å². The lowest BCUT2D eigenvalue weighted by atomic mass is 10.2. The van der Waals surface area contributed by atoms with E-state index >= 15 is 0 Å². The van der Waals surface area contributed by atoms with Crippen molar-refractivity contribution >= 4 is 35.3 Å². The Labute approximate surface area is 280 Å². The fraction of sp³-hybridized carbons (Fsp3) is 0.312. The van der Waals surface area contributed by atoms with E-state index < -0.39 is 11.4 Å². The molecule has 2 aromatic heterocycles. The lowest BCUT2D eigenvalue weighted by Gasteiger charge is -2.09. The average Bonchev–Trinajstić information content (AvgIpc) is 3.06. The van der Waals surface area contributed by atoms with E-state index in [0.29, 0.717) is 35.4 Å². The molecule has 2 aromatic carbocycles. The Morgan fingerprint density at radius 1 is 0.745 bits per heavy atom. The Morgan fingerprint density at radius 3 is 1.74 bits per heavy atom. The number of carbonyl (C=O) groups excluding carboxylic acids is 2. The molecule has 4 rings (SSSR count). The third kappa shape index (κ3) is 13.0. The first-order valence-corrected chi connectivity index (χ1v) is 16.3. The van der Waals surface area contributed by atoms with Gasteiger partial charge in [-0.1, -0.05) is 47.8 Å². The fourth-order valence-electron chi connectivity index (χ4n) is 3.87. The van der Waals surface area contributed by atoms with Gasteiger partial charge < -0.3 is 34.8 Å². The lowest BCUT2D eigenvalue weighted by Crippen LogP contribution is -2.25. The van der Waals surface area contributed by atoms with Crippen LogP contribution in [0.1, 0.15) is 28.1 Å². The molecule has 2 heterocycles. The van der Waals surface area contributed by atoms with Crippen LogP contribution in [0.15, 0.2) is 74.2 Å². The topological polar surface area (TPSA) is 177 Å². The Bertz CT molecular complexity index is 1730. The summed E-state index contributed by atoms with van der Waals surface area (Å²) >= 11 is 2.47. The number of ether oxygens (including phenoxy) is 3. The zero-order valence-corrected chi connectivity index (χ0v) is 28.4. The number of aryl methyl sites for hydroxylation is 1. The SMILES string of the molecule is COCc1[nH]c(=O)nc(SCC(=O)NCc2ccc(OC)cc2)c1C.COc1ccc(CNC(=O)CSc2cc(C)[nH]c(=O)n2)cc1. The zero-order chi connectivity index (χ0) is 34.2. The minimum absolute atomic E-state index is 0.111. The highest BCUT2D eigenvalue weighted by molar-refractivity contribution is 8.00. The molecule has 0 aliphatic rings. The Balaban J connectivity index is 0.000000257. The van der Waals surface area contributed by atoms with Crippen LogP contribution in [0.4, 0.5) is 0 Å². The van der Waals surface area contributed by atoms with Gasteiger partial charge in [-0.15, -0.1) is 0 Å². The van der Waals surface area contributed by atoms with Crippen molar-refractivity contribution in [3.05, 3.63) is 104 Å². The molecule has 0 aliphatic carbocycles. The summed E-state index contributed by atoms with van der Waals surface area (Å²) in [4.78, 5) is 59.6. The van der Waals surface area contributed by atoms with Gasteiger partial charge in [0.2, 0.25) is 11.8 Å². The van der Waals surface area contributed by atoms with Crippen LogP contribution >= 0.6 is 23.5 Å². The molecule has 0 aliphatic heterocycles. The number of aromatic nitrogens is 4. The van der Waals surface area contributed by atoms with Gasteiger partial charge in [0.1, 0.15) is 21.6 Å². The molecule has 47 heavy (non-hydrogen) atoms. The molecule has 15 heteroatoms. The largest absolute Gasteiger partial charge is 0.497 e. The number of aromatic amines is 2. The lowest BCUT2D eigenvalue weighted by molar-refractivity contribution is -0.119. The molecule has 250 valence electrons. The van der Waals surface area contributed by atoms with E-state index in [0.717, 1.165) is 33.9 Å². The summed E-state index contributed by atoms with van der Waals surface area (Å²) in [5.41, 5.74) is 3.33. The molecule has 0 atom stereocenters. The number of rotatable bonds is 14. The van der Waals surface area contributed by atoms with E-state index in [1.54, 1.807) is 34.3 Å². The standard InChI is InChI=1S/C17H21N3O4S.C15H17N3O3S/c1-11-14(9-23-2)19-17(22)20-16(11)25-10-15(21)18-8-12-4-6-13(24-3)7-5-12;1-10-7-14(18-15(20)17-10)22-9-13(19)16-8-11-3-5-12(21-2)6-4-11/h4-7H,8-10H2,1-3H3,(H,18,21)(H,19,20,22);3-7H,8-9H2,1-2H3,(H,16,19)(H,17,18,20).